The van der Waals surface area contributed by atoms with Gasteiger partial charge < -0.3 is 24.3 Å². The molecule has 1 heterocycles. The second-order valence-corrected chi connectivity index (χ2v) is 10.3. The van der Waals surface area contributed by atoms with E-state index < -0.39 is 18.0 Å². The SMILES string of the molecule is CCOC(=O)c1c(NC(=O)c2ccc(OC(C)C(=O)N/N=C/c3cc(OC)ccc3OC)cc2)sc2c1CCCC2. The van der Waals surface area contributed by atoms with E-state index in [1.165, 1.54) is 24.7 Å². The minimum Gasteiger partial charge on any atom is -0.497 e. The molecule has 4 rings (SSSR count). The highest BCUT2D eigenvalue weighted by Gasteiger charge is 2.27. The number of esters is 1. The zero-order valence-corrected chi connectivity index (χ0v) is 24.3. The number of ether oxygens (including phenoxy) is 4. The van der Waals surface area contributed by atoms with Crippen LogP contribution in [0.15, 0.2) is 47.6 Å². The Balaban J connectivity index is 1.36. The van der Waals surface area contributed by atoms with Gasteiger partial charge in [0.15, 0.2) is 6.10 Å². The van der Waals surface area contributed by atoms with Gasteiger partial charge in [0.2, 0.25) is 0 Å². The van der Waals surface area contributed by atoms with Crippen molar-refractivity contribution in [3.8, 4) is 17.2 Å². The highest BCUT2D eigenvalue weighted by Crippen LogP contribution is 2.39. The van der Waals surface area contributed by atoms with Crippen LogP contribution in [0, 0.1) is 0 Å². The number of carbonyl (C=O) groups is 3. The molecule has 0 radical (unpaired) electrons. The molecule has 1 aliphatic carbocycles. The highest BCUT2D eigenvalue weighted by atomic mass is 32.1. The smallest absolute Gasteiger partial charge is 0.341 e. The van der Waals surface area contributed by atoms with Crippen molar-refractivity contribution in [2.75, 3.05) is 26.1 Å². The Bertz CT molecular complexity index is 1430. The van der Waals surface area contributed by atoms with E-state index in [2.05, 4.69) is 15.8 Å². The monoisotopic (exact) mass is 579 g/mol. The van der Waals surface area contributed by atoms with Gasteiger partial charge in [0.25, 0.3) is 11.8 Å². The summed E-state index contributed by atoms with van der Waals surface area (Å²) in [4.78, 5) is 39.3. The standard InChI is InChI=1S/C30H33N3O7S/c1-5-39-30(36)26-23-8-6-7-9-25(23)41-29(26)32-28(35)19-10-12-21(13-11-19)40-18(2)27(34)33-31-17-20-16-22(37-3)14-15-24(20)38-4/h10-18H,5-9H2,1-4H3,(H,32,35)(H,33,34)/b31-17+. The lowest BCUT2D eigenvalue weighted by molar-refractivity contribution is -0.127. The fourth-order valence-corrected chi connectivity index (χ4v) is 5.66. The lowest BCUT2D eigenvalue weighted by atomic mass is 9.95. The van der Waals surface area contributed by atoms with Gasteiger partial charge in [0.1, 0.15) is 22.2 Å². The van der Waals surface area contributed by atoms with Crippen LogP contribution in [-0.4, -0.2) is 50.9 Å². The van der Waals surface area contributed by atoms with Crippen LogP contribution >= 0.6 is 11.3 Å². The molecule has 0 aliphatic heterocycles. The lowest BCUT2D eigenvalue weighted by Gasteiger charge is -2.13. The number of nitrogens with zero attached hydrogens (tertiary/aromatic N) is 1. The number of aryl methyl sites for hydroxylation is 1. The first-order valence-electron chi connectivity index (χ1n) is 13.3. The van der Waals surface area contributed by atoms with Gasteiger partial charge in [-0.1, -0.05) is 0 Å². The maximum absolute atomic E-state index is 13.0. The maximum atomic E-state index is 13.0. The summed E-state index contributed by atoms with van der Waals surface area (Å²) >= 11 is 1.44. The highest BCUT2D eigenvalue weighted by molar-refractivity contribution is 7.17. The van der Waals surface area contributed by atoms with E-state index in [-0.39, 0.29) is 12.5 Å². The molecular weight excluding hydrogens is 546 g/mol. The predicted molar refractivity (Wildman–Crippen MR) is 157 cm³/mol. The quantitative estimate of drug-likeness (QED) is 0.186. The van der Waals surface area contributed by atoms with Crippen LogP contribution in [0.5, 0.6) is 17.2 Å². The van der Waals surface area contributed by atoms with Gasteiger partial charge in [-0.15, -0.1) is 11.3 Å². The molecule has 41 heavy (non-hydrogen) atoms. The molecule has 1 aromatic heterocycles. The first-order valence-corrected chi connectivity index (χ1v) is 14.1. The number of hydrogen-bond acceptors (Lipinski definition) is 9. The zero-order valence-electron chi connectivity index (χ0n) is 23.4. The number of thiophene rings is 1. The molecule has 0 bridgehead atoms. The number of hydrogen-bond donors (Lipinski definition) is 2. The Morgan fingerprint density at radius 3 is 2.46 bits per heavy atom. The maximum Gasteiger partial charge on any atom is 0.341 e. The summed E-state index contributed by atoms with van der Waals surface area (Å²) in [5.74, 6) is 0.382. The van der Waals surface area contributed by atoms with Gasteiger partial charge in [-0.05, 0) is 87.6 Å². The van der Waals surface area contributed by atoms with Crippen molar-refractivity contribution in [3.63, 3.8) is 0 Å². The van der Waals surface area contributed by atoms with E-state index in [9.17, 15) is 14.4 Å². The predicted octanol–water partition coefficient (Wildman–Crippen LogP) is 4.99. The second kappa shape index (κ2) is 13.8. The number of rotatable bonds is 11. The molecule has 11 heteroatoms. The number of carbonyl (C=O) groups excluding carboxylic acids is 3. The van der Waals surface area contributed by atoms with Crippen molar-refractivity contribution >= 4 is 40.3 Å². The number of hydrazone groups is 1. The third-order valence-electron chi connectivity index (χ3n) is 6.49. The van der Waals surface area contributed by atoms with E-state index in [4.69, 9.17) is 18.9 Å². The first-order chi connectivity index (χ1) is 19.8. The van der Waals surface area contributed by atoms with Gasteiger partial charge in [-0.2, -0.15) is 5.10 Å². The molecule has 2 aromatic carbocycles. The van der Waals surface area contributed by atoms with Crippen LogP contribution in [0.2, 0.25) is 0 Å². The van der Waals surface area contributed by atoms with Gasteiger partial charge in [-0.25, -0.2) is 10.2 Å². The van der Waals surface area contributed by atoms with E-state index in [1.807, 2.05) is 0 Å². The van der Waals surface area contributed by atoms with Gasteiger partial charge >= 0.3 is 5.97 Å². The largest absolute Gasteiger partial charge is 0.497 e. The molecule has 10 nitrogen and oxygen atoms in total. The summed E-state index contributed by atoms with van der Waals surface area (Å²) in [6.45, 7) is 3.61. The van der Waals surface area contributed by atoms with E-state index in [0.717, 1.165) is 36.1 Å². The summed E-state index contributed by atoms with van der Waals surface area (Å²) in [5.41, 5.74) is 4.91. The Labute approximate surface area is 242 Å². The normalized spacial score (nSPS) is 13.2. The summed E-state index contributed by atoms with van der Waals surface area (Å²) in [6, 6.07) is 11.6. The third kappa shape index (κ3) is 7.23. The van der Waals surface area contributed by atoms with Crippen LogP contribution in [0.4, 0.5) is 5.00 Å². The van der Waals surface area contributed by atoms with Crippen LogP contribution in [0.1, 0.15) is 63.4 Å². The van der Waals surface area contributed by atoms with Crippen molar-refractivity contribution in [1.82, 2.24) is 5.43 Å². The molecule has 0 spiro atoms. The van der Waals surface area contributed by atoms with Crippen molar-refractivity contribution in [3.05, 3.63) is 69.6 Å². The number of fused-ring (bicyclic) bond motifs is 1. The average molecular weight is 580 g/mol. The molecule has 0 saturated carbocycles. The average Bonchev–Trinajstić information content (AvgIpc) is 3.35. The molecular formula is C30H33N3O7S. The number of methoxy groups -OCH3 is 2. The molecule has 2 N–H and O–H groups in total. The van der Waals surface area contributed by atoms with Crippen molar-refractivity contribution in [2.45, 2.75) is 45.6 Å². The van der Waals surface area contributed by atoms with Crippen molar-refractivity contribution < 1.29 is 33.3 Å². The Morgan fingerprint density at radius 1 is 1.02 bits per heavy atom. The second-order valence-electron chi connectivity index (χ2n) is 9.22. The topological polar surface area (TPSA) is 125 Å². The minimum absolute atomic E-state index is 0.262. The number of benzene rings is 2. The first kappa shape index (κ1) is 29.6. The van der Waals surface area contributed by atoms with Crippen molar-refractivity contribution in [1.29, 1.82) is 0 Å². The molecule has 1 aliphatic rings. The lowest BCUT2D eigenvalue weighted by Crippen LogP contribution is -2.33. The van der Waals surface area contributed by atoms with E-state index >= 15 is 0 Å². The molecule has 0 fully saturated rings. The summed E-state index contributed by atoms with van der Waals surface area (Å²) < 4.78 is 21.5. The fraction of sp³-hybridized carbons (Fsp3) is 0.333. The summed E-state index contributed by atoms with van der Waals surface area (Å²) in [6.07, 6.45) is 4.35. The van der Waals surface area contributed by atoms with E-state index in [0.29, 0.717) is 38.9 Å². The molecule has 3 aromatic rings. The van der Waals surface area contributed by atoms with Gasteiger partial charge in [0, 0.05) is 16.0 Å². The van der Waals surface area contributed by atoms with Crippen molar-refractivity contribution in [2.24, 2.45) is 5.10 Å². The molecule has 0 saturated heterocycles. The number of amides is 2. The molecule has 216 valence electrons. The molecule has 1 atom stereocenters. The van der Waals surface area contributed by atoms with Gasteiger partial charge in [0.05, 0.1) is 32.6 Å². The fourth-order valence-electron chi connectivity index (χ4n) is 4.39. The molecule has 2 amide bonds. The van der Waals surface area contributed by atoms with Gasteiger partial charge in [-0.3, -0.25) is 9.59 Å². The van der Waals surface area contributed by atoms with Crippen LogP contribution in [0.25, 0.3) is 0 Å². The summed E-state index contributed by atoms with van der Waals surface area (Å²) in [5, 5.41) is 7.40. The number of nitrogens with one attached hydrogen (secondary N) is 2. The third-order valence-corrected chi connectivity index (χ3v) is 7.70. The van der Waals surface area contributed by atoms with Crippen LogP contribution in [0.3, 0.4) is 0 Å². The van der Waals surface area contributed by atoms with Crippen LogP contribution in [-0.2, 0) is 22.4 Å². The Kier molecular flexibility index (Phi) is 9.96. The Morgan fingerprint density at radius 2 is 1.76 bits per heavy atom. The zero-order chi connectivity index (χ0) is 29.4. The van der Waals surface area contributed by atoms with E-state index in [1.54, 1.807) is 63.4 Å². The Hall–Kier alpha value is -4.38. The number of anilines is 1. The van der Waals surface area contributed by atoms with Crippen LogP contribution < -0.4 is 25.0 Å². The summed E-state index contributed by atoms with van der Waals surface area (Å²) in [7, 11) is 3.10. The molecule has 1 unspecified atom stereocenters. The minimum atomic E-state index is -0.858.